The van der Waals surface area contributed by atoms with E-state index in [2.05, 4.69) is 19.1 Å². The van der Waals surface area contributed by atoms with Gasteiger partial charge in [-0.25, -0.2) is 0 Å². The summed E-state index contributed by atoms with van der Waals surface area (Å²) in [6.45, 7) is 2.18. The predicted octanol–water partition coefficient (Wildman–Crippen LogP) is 3.80. The lowest BCUT2D eigenvalue weighted by Gasteiger charge is -2.10. The van der Waals surface area contributed by atoms with Crippen molar-refractivity contribution >= 4 is 29.1 Å². The number of carboxylic acids is 1. The van der Waals surface area contributed by atoms with Crippen LogP contribution in [0.5, 0.6) is 0 Å². The lowest BCUT2D eigenvalue weighted by atomic mass is 10.1. The Labute approximate surface area is 110 Å². The highest BCUT2D eigenvalue weighted by Gasteiger charge is 2.43. The molecule has 0 aliphatic heterocycles. The quantitative estimate of drug-likeness (QED) is 0.819. The molecule has 1 N–H and O–H groups in total. The second kappa shape index (κ2) is 5.44. The molecule has 0 saturated heterocycles. The van der Waals surface area contributed by atoms with Gasteiger partial charge >= 0.3 is 5.97 Å². The first-order valence-electron chi connectivity index (χ1n) is 6.01. The lowest BCUT2D eigenvalue weighted by molar-refractivity contribution is -0.138. The van der Waals surface area contributed by atoms with E-state index in [1.807, 2.05) is 23.1 Å². The van der Waals surface area contributed by atoms with Gasteiger partial charge in [-0.1, -0.05) is 6.92 Å². The zero-order chi connectivity index (χ0) is 12.3. The molecule has 1 aliphatic rings. The molecule has 1 aromatic rings. The summed E-state index contributed by atoms with van der Waals surface area (Å²) in [4.78, 5) is 13.6. The molecule has 1 fully saturated rings. The minimum absolute atomic E-state index is 0.126. The Balaban J connectivity index is 1.74. The molecule has 2 rings (SSSR count). The number of aliphatic carboxylic acids is 1. The summed E-state index contributed by atoms with van der Waals surface area (Å²) in [5.41, 5.74) is 0.126. The van der Waals surface area contributed by atoms with Crippen LogP contribution in [0.2, 0.25) is 0 Å². The SMILES string of the molecule is CCc1ccc(CSCC2(CC(=O)O)CC2)s1. The van der Waals surface area contributed by atoms with Gasteiger partial charge in [0, 0.05) is 15.5 Å². The van der Waals surface area contributed by atoms with E-state index < -0.39 is 5.97 Å². The van der Waals surface area contributed by atoms with Crippen molar-refractivity contribution in [3.63, 3.8) is 0 Å². The van der Waals surface area contributed by atoms with Crippen molar-refractivity contribution in [2.75, 3.05) is 5.75 Å². The van der Waals surface area contributed by atoms with Gasteiger partial charge in [0.25, 0.3) is 0 Å². The molecule has 1 heterocycles. The standard InChI is InChI=1S/C13H18O2S2/c1-2-10-3-4-11(17-10)8-16-9-13(5-6-13)7-12(14)15/h3-4H,2,5-9H2,1H3,(H,14,15). The Hall–Kier alpha value is -0.480. The first kappa shape index (κ1) is 13.0. The van der Waals surface area contributed by atoms with Crippen LogP contribution in [-0.4, -0.2) is 16.8 Å². The Bertz CT molecular complexity index is 394. The zero-order valence-electron chi connectivity index (χ0n) is 10.1. The average molecular weight is 270 g/mol. The van der Waals surface area contributed by atoms with Crippen LogP contribution in [0.25, 0.3) is 0 Å². The number of aryl methyl sites for hydroxylation is 1. The predicted molar refractivity (Wildman–Crippen MR) is 73.8 cm³/mol. The number of hydrogen-bond acceptors (Lipinski definition) is 3. The second-order valence-electron chi connectivity index (χ2n) is 4.78. The van der Waals surface area contributed by atoms with Gasteiger partial charge in [0.1, 0.15) is 0 Å². The van der Waals surface area contributed by atoms with Crippen LogP contribution in [0, 0.1) is 5.41 Å². The van der Waals surface area contributed by atoms with Gasteiger partial charge in [-0.15, -0.1) is 11.3 Å². The van der Waals surface area contributed by atoms with Gasteiger partial charge in [0.05, 0.1) is 6.42 Å². The topological polar surface area (TPSA) is 37.3 Å². The molecule has 0 unspecified atom stereocenters. The Morgan fingerprint density at radius 2 is 2.18 bits per heavy atom. The van der Waals surface area contributed by atoms with Gasteiger partial charge in [-0.3, -0.25) is 4.79 Å². The number of carboxylic acid groups (broad SMARTS) is 1. The largest absolute Gasteiger partial charge is 0.481 e. The molecular formula is C13H18O2S2. The van der Waals surface area contributed by atoms with E-state index in [-0.39, 0.29) is 5.41 Å². The maximum absolute atomic E-state index is 10.7. The highest BCUT2D eigenvalue weighted by molar-refractivity contribution is 7.98. The third kappa shape index (κ3) is 3.75. The second-order valence-corrected chi connectivity index (χ2v) is 7.02. The monoisotopic (exact) mass is 270 g/mol. The highest BCUT2D eigenvalue weighted by atomic mass is 32.2. The van der Waals surface area contributed by atoms with E-state index in [0.717, 1.165) is 30.8 Å². The Kier molecular flexibility index (Phi) is 4.15. The summed E-state index contributed by atoms with van der Waals surface area (Å²) in [5, 5.41) is 8.83. The molecule has 0 spiro atoms. The van der Waals surface area contributed by atoms with Crippen molar-refractivity contribution in [1.29, 1.82) is 0 Å². The summed E-state index contributed by atoms with van der Waals surface area (Å²) in [5.74, 6) is 1.39. The smallest absolute Gasteiger partial charge is 0.303 e. The van der Waals surface area contributed by atoms with Crippen LogP contribution in [0.3, 0.4) is 0 Å². The Morgan fingerprint density at radius 1 is 1.47 bits per heavy atom. The third-order valence-corrected chi connectivity index (χ3v) is 5.95. The minimum atomic E-state index is -0.646. The molecule has 17 heavy (non-hydrogen) atoms. The molecule has 0 atom stereocenters. The molecule has 94 valence electrons. The fourth-order valence-electron chi connectivity index (χ4n) is 1.93. The first-order valence-corrected chi connectivity index (χ1v) is 7.98. The summed E-state index contributed by atoms with van der Waals surface area (Å²) in [6.07, 6.45) is 3.65. The van der Waals surface area contributed by atoms with E-state index in [1.165, 1.54) is 9.75 Å². The van der Waals surface area contributed by atoms with Crippen LogP contribution < -0.4 is 0 Å². The van der Waals surface area contributed by atoms with Crippen molar-refractivity contribution in [3.8, 4) is 0 Å². The van der Waals surface area contributed by atoms with Crippen LogP contribution in [-0.2, 0) is 17.0 Å². The molecular weight excluding hydrogens is 252 g/mol. The summed E-state index contributed by atoms with van der Waals surface area (Å²) >= 11 is 3.77. The summed E-state index contributed by atoms with van der Waals surface area (Å²) in [6, 6.07) is 4.40. The number of hydrogen-bond donors (Lipinski definition) is 1. The minimum Gasteiger partial charge on any atom is -0.481 e. The van der Waals surface area contributed by atoms with Crippen molar-refractivity contribution in [2.24, 2.45) is 5.41 Å². The van der Waals surface area contributed by atoms with Gasteiger partial charge in [0.2, 0.25) is 0 Å². The van der Waals surface area contributed by atoms with Crippen LogP contribution in [0.1, 0.15) is 35.9 Å². The van der Waals surface area contributed by atoms with Crippen molar-refractivity contribution < 1.29 is 9.90 Å². The van der Waals surface area contributed by atoms with Crippen molar-refractivity contribution in [3.05, 3.63) is 21.9 Å². The number of thiophene rings is 1. The fourth-order valence-corrected chi connectivity index (χ4v) is 4.39. The van der Waals surface area contributed by atoms with E-state index >= 15 is 0 Å². The maximum atomic E-state index is 10.7. The molecule has 1 aliphatic carbocycles. The van der Waals surface area contributed by atoms with Crippen molar-refractivity contribution in [2.45, 2.75) is 38.4 Å². The van der Waals surface area contributed by atoms with Crippen molar-refractivity contribution in [1.82, 2.24) is 0 Å². The molecule has 0 radical (unpaired) electrons. The molecule has 1 aromatic heterocycles. The van der Waals surface area contributed by atoms with E-state index in [9.17, 15) is 4.79 Å². The van der Waals surface area contributed by atoms with Crippen LogP contribution in [0.15, 0.2) is 12.1 Å². The van der Waals surface area contributed by atoms with Gasteiger partial charge in [-0.05, 0) is 42.6 Å². The summed E-state index contributed by atoms with van der Waals surface area (Å²) in [7, 11) is 0. The number of thioether (sulfide) groups is 1. The normalized spacial score (nSPS) is 17.0. The first-order chi connectivity index (χ1) is 8.13. The van der Waals surface area contributed by atoms with Gasteiger partial charge in [-0.2, -0.15) is 11.8 Å². The van der Waals surface area contributed by atoms with E-state index in [1.54, 1.807) is 0 Å². The fraction of sp³-hybridized carbons (Fsp3) is 0.615. The lowest BCUT2D eigenvalue weighted by Crippen LogP contribution is -2.11. The van der Waals surface area contributed by atoms with E-state index in [4.69, 9.17) is 5.11 Å². The van der Waals surface area contributed by atoms with E-state index in [0.29, 0.717) is 6.42 Å². The molecule has 2 nitrogen and oxygen atoms in total. The van der Waals surface area contributed by atoms with Gasteiger partial charge < -0.3 is 5.11 Å². The molecule has 0 amide bonds. The van der Waals surface area contributed by atoms with Crippen LogP contribution in [0.4, 0.5) is 0 Å². The zero-order valence-corrected chi connectivity index (χ0v) is 11.7. The highest BCUT2D eigenvalue weighted by Crippen LogP contribution is 2.51. The third-order valence-electron chi connectivity index (χ3n) is 3.20. The Morgan fingerprint density at radius 3 is 2.71 bits per heavy atom. The summed E-state index contributed by atoms with van der Waals surface area (Å²) < 4.78 is 0. The molecule has 4 heteroatoms. The maximum Gasteiger partial charge on any atom is 0.303 e. The van der Waals surface area contributed by atoms with Gasteiger partial charge in [0.15, 0.2) is 0 Å². The average Bonchev–Trinajstić information content (AvgIpc) is 2.87. The number of carbonyl (C=O) groups is 1. The molecule has 0 bridgehead atoms. The molecule has 0 aromatic carbocycles. The number of rotatable bonds is 7. The molecule has 1 saturated carbocycles. The van der Waals surface area contributed by atoms with Crippen LogP contribution >= 0.6 is 23.1 Å².